The van der Waals surface area contributed by atoms with Crippen molar-refractivity contribution < 1.29 is 8.42 Å². The number of hydrogen-bond acceptors (Lipinski definition) is 3. The van der Waals surface area contributed by atoms with Crippen LogP contribution in [0.3, 0.4) is 0 Å². The first-order valence-electron chi connectivity index (χ1n) is 6.44. The van der Waals surface area contributed by atoms with E-state index in [0.29, 0.717) is 4.90 Å². The Balaban J connectivity index is 2.46. The first-order chi connectivity index (χ1) is 9.35. The standard InChI is InChI=1S/C14H15BrN2O2S/c1-4-17-6-10-7-20(18,19)14-8(2)5-11(15)9(3)12(14)13(10)16-17/h5-6H,4,7H2,1-3H3. The van der Waals surface area contributed by atoms with Crippen molar-refractivity contribution in [3.8, 4) is 11.3 Å². The second-order valence-corrected chi connectivity index (χ2v) is 7.90. The molecule has 20 heavy (non-hydrogen) atoms. The number of aryl methyl sites for hydroxylation is 2. The molecule has 0 spiro atoms. The summed E-state index contributed by atoms with van der Waals surface area (Å²) in [6, 6.07) is 1.87. The second kappa shape index (κ2) is 4.43. The molecule has 0 amide bonds. The van der Waals surface area contributed by atoms with E-state index < -0.39 is 9.84 Å². The molecule has 1 aliphatic rings. The molecule has 4 nitrogen and oxygen atoms in total. The molecule has 0 fully saturated rings. The van der Waals surface area contributed by atoms with Gasteiger partial charge in [-0.1, -0.05) is 15.9 Å². The van der Waals surface area contributed by atoms with Crippen LogP contribution < -0.4 is 0 Å². The predicted molar refractivity (Wildman–Crippen MR) is 81.4 cm³/mol. The minimum Gasteiger partial charge on any atom is -0.272 e. The number of rotatable bonds is 1. The van der Waals surface area contributed by atoms with E-state index in [-0.39, 0.29) is 5.75 Å². The Labute approximate surface area is 126 Å². The smallest absolute Gasteiger partial charge is 0.183 e. The third kappa shape index (κ3) is 1.85. The summed E-state index contributed by atoms with van der Waals surface area (Å²) in [5, 5.41) is 4.55. The van der Waals surface area contributed by atoms with Gasteiger partial charge in [0.1, 0.15) is 0 Å². The summed E-state index contributed by atoms with van der Waals surface area (Å²) >= 11 is 3.51. The van der Waals surface area contributed by atoms with Gasteiger partial charge in [0.15, 0.2) is 9.84 Å². The summed E-state index contributed by atoms with van der Waals surface area (Å²) in [5.74, 6) is 0.0389. The highest BCUT2D eigenvalue weighted by molar-refractivity contribution is 9.10. The van der Waals surface area contributed by atoms with Gasteiger partial charge in [0.05, 0.1) is 16.3 Å². The molecular weight excluding hydrogens is 340 g/mol. The summed E-state index contributed by atoms with van der Waals surface area (Å²) < 4.78 is 27.8. The summed E-state index contributed by atoms with van der Waals surface area (Å²) in [5.41, 5.74) is 4.05. The van der Waals surface area contributed by atoms with Crippen molar-refractivity contribution in [2.24, 2.45) is 0 Å². The van der Waals surface area contributed by atoms with Crippen LogP contribution in [0, 0.1) is 13.8 Å². The van der Waals surface area contributed by atoms with Gasteiger partial charge in [0.25, 0.3) is 0 Å². The zero-order chi connectivity index (χ0) is 14.7. The van der Waals surface area contributed by atoms with Crippen LogP contribution in [0.1, 0.15) is 23.6 Å². The van der Waals surface area contributed by atoms with Gasteiger partial charge >= 0.3 is 0 Å². The van der Waals surface area contributed by atoms with Crippen molar-refractivity contribution >= 4 is 25.8 Å². The Morgan fingerprint density at radius 2 is 2.10 bits per heavy atom. The molecule has 106 valence electrons. The van der Waals surface area contributed by atoms with Crippen LogP contribution in [0.5, 0.6) is 0 Å². The number of benzene rings is 1. The normalized spacial score (nSPS) is 15.8. The molecule has 1 aromatic heterocycles. The van der Waals surface area contributed by atoms with Crippen LogP contribution in [-0.4, -0.2) is 18.2 Å². The van der Waals surface area contributed by atoms with Crippen molar-refractivity contribution in [3.63, 3.8) is 0 Å². The Morgan fingerprint density at radius 1 is 1.40 bits per heavy atom. The van der Waals surface area contributed by atoms with Crippen molar-refractivity contribution in [1.82, 2.24) is 9.78 Å². The molecule has 0 radical (unpaired) electrons. The van der Waals surface area contributed by atoms with Crippen molar-refractivity contribution in [2.75, 3.05) is 0 Å². The number of aromatic nitrogens is 2. The van der Waals surface area contributed by atoms with E-state index in [2.05, 4.69) is 21.0 Å². The molecule has 3 rings (SSSR count). The molecule has 1 aliphatic heterocycles. The highest BCUT2D eigenvalue weighted by Crippen LogP contribution is 2.43. The quantitative estimate of drug-likeness (QED) is 0.789. The van der Waals surface area contributed by atoms with E-state index in [9.17, 15) is 8.42 Å². The zero-order valence-electron chi connectivity index (χ0n) is 11.6. The van der Waals surface area contributed by atoms with E-state index >= 15 is 0 Å². The molecule has 1 aromatic carbocycles. The molecule has 0 saturated carbocycles. The average molecular weight is 355 g/mol. The highest BCUT2D eigenvalue weighted by Gasteiger charge is 2.33. The fraction of sp³-hybridized carbons (Fsp3) is 0.357. The fourth-order valence-electron chi connectivity index (χ4n) is 2.75. The lowest BCUT2D eigenvalue weighted by Gasteiger charge is -2.20. The first-order valence-corrected chi connectivity index (χ1v) is 8.89. The van der Waals surface area contributed by atoms with Crippen LogP contribution >= 0.6 is 15.9 Å². The minimum absolute atomic E-state index is 0.0389. The third-order valence-corrected chi connectivity index (χ3v) is 6.38. The maximum atomic E-state index is 12.6. The molecule has 0 atom stereocenters. The number of halogens is 1. The largest absolute Gasteiger partial charge is 0.272 e. The summed E-state index contributed by atoms with van der Waals surface area (Å²) in [7, 11) is -3.29. The molecular formula is C14H15BrN2O2S. The Bertz CT molecular complexity index is 822. The topological polar surface area (TPSA) is 52.0 Å². The Hall–Kier alpha value is -1.14. The Kier molecular flexibility index (Phi) is 3.06. The van der Waals surface area contributed by atoms with Gasteiger partial charge in [-0.25, -0.2) is 8.42 Å². The SMILES string of the molecule is CCn1cc2c(n1)-c1c(C)c(Br)cc(C)c1S(=O)(=O)C2. The van der Waals surface area contributed by atoms with Crippen LogP contribution in [0.15, 0.2) is 21.6 Å². The zero-order valence-corrected chi connectivity index (χ0v) is 14.0. The van der Waals surface area contributed by atoms with Gasteiger partial charge in [0, 0.05) is 28.3 Å². The lowest BCUT2D eigenvalue weighted by Crippen LogP contribution is -2.15. The highest BCUT2D eigenvalue weighted by atomic mass is 79.9. The van der Waals surface area contributed by atoms with Crippen LogP contribution in [0.25, 0.3) is 11.3 Å². The lowest BCUT2D eigenvalue weighted by atomic mass is 10.00. The van der Waals surface area contributed by atoms with Crippen molar-refractivity contribution in [1.29, 1.82) is 0 Å². The number of fused-ring (bicyclic) bond motifs is 3. The Morgan fingerprint density at radius 3 is 2.75 bits per heavy atom. The molecule has 0 bridgehead atoms. The lowest BCUT2D eigenvalue weighted by molar-refractivity contribution is 0.594. The maximum absolute atomic E-state index is 12.6. The van der Waals surface area contributed by atoms with Gasteiger partial charge in [-0.2, -0.15) is 5.10 Å². The van der Waals surface area contributed by atoms with Gasteiger partial charge in [-0.15, -0.1) is 0 Å². The summed E-state index contributed by atoms with van der Waals surface area (Å²) in [4.78, 5) is 0.437. The molecule has 0 aliphatic carbocycles. The molecule has 2 aromatic rings. The molecule has 2 heterocycles. The molecule has 0 unspecified atom stereocenters. The van der Waals surface area contributed by atoms with E-state index in [1.807, 2.05) is 33.0 Å². The molecule has 0 saturated heterocycles. The predicted octanol–water partition coefficient (Wildman–Crippen LogP) is 3.24. The molecule has 0 N–H and O–H groups in total. The third-order valence-electron chi connectivity index (χ3n) is 3.72. The number of hydrogen-bond donors (Lipinski definition) is 0. The van der Waals surface area contributed by atoms with Crippen LogP contribution in [0.4, 0.5) is 0 Å². The van der Waals surface area contributed by atoms with E-state index in [1.165, 1.54) is 0 Å². The monoisotopic (exact) mass is 354 g/mol. The number of sulfone groups is 1. The minimum atomic E-state index is -3.29. The maximum Gasteiger partial charge on any atom is 0.183 e. The van der Waals surface area contributed by atoms with E-state index in [1.54, 1.807) is 4.68 Å². The average Bonchev–Trinajstić information content (AvgIpc) is 2.75. The molecule has 6 heteroatoms. The number of nitrogens with zero attached hydrogens (tertiary/aromatic N) is 2. The van der Waals surface area contributed by atoms with Gasteiger partial charge < -0.3 is 0 Å². The van der Waals surface area contributed by atoms with E-state index in [0.717, 1.165) is 39.0 Å². The second-order valence-electron chi connectivity index (χ2n) is 5.12. The van der Waals surface area contributed by atoms with Crippen molar-refractivity contribution in [2.45, 2.75) is 38.0 Å². The van der Waals surface area contributed by atoms with Gasteiger partial charge in [0.2, 0.25) is 0 Å². The first kappa shape index (κ1) is 13.8. The van der Waals surface area contributed by atoms with Crippen LogP contribution in [0.2, 0.25) is 0 Å². The van der Waals surface area contributed by atoms with E-state index in [4.69, 9.17) is 0 Å². The van der Waals surface area contributed by atoms with Crippen molar-refractivity contribution in [3.05, 3.63) is 33.4 Å². The summed E-state index contributed by atoms with van der Waals surface area (Å²) in [6.07, 6.45) is 1.84. The fourth-order valence-corrected chi connectivity index (χ4v) is 5.17. The van der Waals surface area contributed by atoms with Gasteiger partial charge in [-0.05, 0) is 38.0 Å². The van der Waals surface area contributed by atoms with Gasteiger partial charge in [-0.3, -0.25) is 4.68 Å². The summed E-state index contributed by atoms with van der Waals surface area (Å²) in [6.45, 7) is 6.49. The van der Waals surface area contributed by atoms with Crippen LogP contribution in [-0.2, 0) is 22.1 Å².